The van der Waals surface area contributed by atoms with Gasteiger partial charge in [-0.2, -0.15) is 13.2 Å². The molecule has 36 heavy (non-hydrogen) atoms. The quantitative estimate of drug-likeness (QED) is 0.350. The van der Waals surface area contributed by atoms with E-state index in [1.54, 1.807) is 48.5 Å². The number of rotatable bonds is 5. The van der Waals surface area contributed by atoms with Crippen molar-refractivity contribution in [3.05, 3.63) is 75.2 Å². The monoisotopic (exact) mass is 526 g/mol. The first-order chi connectivity index (χ1) is 17.0. The lowest BCUT2D eigenvalue weighted by Crippen LogP contribution is -2.21. The van der Waals surface area contributed by atoms with Crippen LogP contribution in [0.15, 0.2) is 62.5 Å². The van der Waals surface area contributed by atoms with Crippen molar-refractivity contribution < 1.29 is 37.0 Å². The van der Waals surface area contributed by atoms with E-state index in [4.69, 9.17) is 36.4 Å². The largest absolute Gasteiger partial charge is 0.490 e. The summed E-state index contributed by atoms with van der Waals surface area (Å²) in [6.07, 6.45) is -5.08. The van der Waals surface area contributed by atoms with E-state index < -0.39 is 23.8 Å². The number of aliphatic carboxylic acids is 1. The molecule has 0 bridgehead atoms. The van der Waals surface area contributed by atoms with Crippen LogP contribution in [0.5, 0.6) is 0 Å². The number of nitrogens with one attached hydrogen (secondary N) is 1. The van der Waals surface area contributed by atoms with Crippen molar-refractivity contribution in [2.75, 3.05) is 5.32 Å². The van der Waals surface area contributed by atoms with Gasteiger partial charge in [-0.1, -0.05) is 35.0 Å². The van der Waals surface area contributed by atoms with Crippen molar-refractivity contribution in [2.24, 2.45) is 5.73 Å². The van der Waals surface area contributed by atoms with Gasteiger partial charge in [-0.3, -0.25) is 9.32 Å². The second kappa shape index (κ2) is 10.8. The number of carboxylic acid groups (broad SMARTS) is 1. The summed E-state index contributed by atoms with van der Waals surface area (Å²) in [4.78, 5) is 33.6. The number of carbonyl (C=O) groups excluding carboxylic acids is 1. The summed E-state index contributed by atoms with van der Waals surface area (Å²) >= 11 is 6.00. The predicted molar refractivity (Wildman–Crippen MR) is 116 cm³/mol. The molecule has 0 spiro atoms. The number of carboxylic acids is 1. The number of carbonyl (C=O) groups is 2. The standard InChI is InChI=1S/C18H13ClN6O4.C2HF3O2/c19-12-2-1-3-13(8-12)25-16(24-28-18(25)27)14-15(23-29-22-14)21-17(26)11-6-4-10(9-20)5-7-11;3-2(4,5)1(6)7/h1-8H,9,20H2,(H,21,23,26);(H,6,7). The first kappa shape index (κ1) is 26.1. The lowest BCUT2D eigenvalue weighted by atomic mass is 10.1. The van der Waals surface area contributed by atoms with Gasteiger partial charge in [0, 0.05) is 17.1 Å². The Morgan fingerprint density at radius 3 is 2.36 bits per heavy atom. The predicted octanol–water partition coefficient (Wildman–Crippen LogP) is 2.87. The highest BCUT2D eigenvalue weighted by atomic mass is 35.5. The molecule has 2 aromatic carbocycles. The molecule has 1 amide bonds. The van der Waals surface area contributed by atoms with Crippen molar-refractivity contribution >= 4 is 29.3 Å². The smallest absolute Gasteiger partial charge is 0.475 e. The minimum atomic E-state index is -5.08. The number of halogens is 4. The van der Waals surface area contributed by atoms with Gasteiger partial charge in [0.25, 0.3) is 5.91 Å². The number of alkyl halides is 3. The molecule has 2 heterocycles. The highest BCUT2D eigenvalue weighted by Gasteiger charge is 2.38. The third-order valence-electron chi connectivity index (χ3n) is 4.30. The lowest BCUT2D eigenvalue weighted by Gasteiger charge is -2.05. The number of nitrogens with zero attached hydrogens (tertiary/aromatic N) is 4. The van der Waals surface area contributed by atoms with E-state index >= 15 is 0 Å². The van der Waals surface area contributed by atoms with Crippen LogP contribution in [0.2, 0.25) is 5.02 Å². The Labute approximate surface area is 203 Å². The van der Waals surface area contributed by atoms with Gasteiger partial charge < -0.3 is 16.2 Å². The molecule has 4 N–H and O–H groups in total. The minimum absolute atomic E-state index is 0.00713. The second-order valence-corrected chi connectivity index (χ2v) is 7.14. The van der Waals surface area contributed by atoms with Gasteiger partial charge in [0.1, 0.15) is 0 Å². The summed E-state index contributed by atoms with van der Waals surface area (Å²) in [6.45, 7) is 0.368. The first-order valence-corrected chi connectivity index (χ1v) is 9.97. The third-order valence-corrected chi connectivity index (χ3v) is 4.53. The van der Waals surface area contributed by atoms with E-state index in [9.17, 15) is 22.8 Å². The van der Waals surface area contributed by atoms with Crippen LogP contribution >= 0.6 is 11.6 Å². The van der Waals surface area contributed by atoms with Crippen molar-refractivity contribution in [1.82, 2.24) is 20.0 Å². The summed E-state index contributed by atoms with van der Waals surface area (Å²) in [5, 5.41) is 21.3. The van der Waals surface area contributed by atoms with Crippen molar-refractivity contribution in [1.29, 1.82) is 0 Å². The van der Waals surface area contributed by atoms with Gasteiger partial charge in [0.05, 0.1) is 5.69 Å². The molecule has 0 fully saturated rings. The summed E-state index contributed by atoms with van der Waals surface area (Å²) in [7, 11) is 0. The fourth-order valence-corrected chi connectivity index (χ4v) is 2.82. The molecule has 4 rings (SSSR count). The lowest BCUT2D eigenvalue weighted by molar-refractivity contribution is -0.192. The normalized spacial score (nSPS) is 10.9. The average Bonchev–Trinajstić information content (AvgIpc) is 3.44. The van der Waals surface area contributed by atoms with Crippen LogP contribution in [-0.2, 0) is 11.3 Å². The topological polar surface area (TPSA) is 179 Å². The number of hydrogen-bond donors (Lipinski definition) is 3. The molecule has 0 atom stereocenters. The Hall–Kier alpha value is -4.50. The first-order valence-electron chi connectivity index (χ1n) is 9.59. The van der Waals surface area contributed by atoms with E-state index in [0.717, 1.165) is 10.1 Å². The van der Waals surface area contributed by atoms with Crippen LogP contribution in [0.25, 0.3) is 17.2 Å². The maximum Gasteiger partial charge on any atom is 0.490 e. The zero-order valence-corrected chi connectivity index (χ0v) is 18.4. The van der Waals surface area contributed by atoms with Gasteiger partial charge in [0.2, 0.25) is 11.6 Å². The average molecular weight is 527 g/mol. The fourth-order valence-electron chi connectivity index (χ4n) is 2.63. The maximum atomic E-state index is 12.5. The van der Waals surface area contributed by atoms with Crippen LogP contribution in [0.4, 0.5) is 19.0 Å². The maximum absolute atomic E-state index is 12.5. The summed E-state index contributed by atoms with van der Waals surface area (Å²) in [5.41, 5.74) is 7.24. The summed E-state index contributed by atoms with van der Waals surface area (Å²) < 4.78 is 42.4. The van der Waals surface area contributed by atoms with Crippen LogP contribution in [0, 0.1) is 0 Å². The fraction of sp³-hybridized carbons (Fsp3) is 0.100. The van der Waals surface area contributed by atoms with Gasteiger partial charge in [-0.15, -0.1) is 0 Å². The van der Waals surface area contributed by atoms with Crippen LogP contribution in [0.1, 0.15) is 15.9 Å². The van der Waals surface area contributed by atoms with E-state index in [2.05, 4.69) is 20.8 Å². The summed E-state index contributed by atoms with van der Waals surface area (Å²) in [5.74, 6) is -4.01. The molecule has 0 aliphatic heterocycles. The van der Waals surface area contributed by atoms with Crippen LogP contribution in [0.3, 0.4) is 0 Å². The number of aromatic nitrogens is 4. The Morgan fingerprint density at radius 2 is 1.78 bits per heavy atom. The third kappa shape index (κ3) is 6.13. The van der Waals surface area contributed by atoms with Gasteiger partial charge in [0.15, 0.2) is 5.69 Å². The molecule has 0 radical (unpaired) electrons. The molecule has 4 aromatic rings. The molecule has 2 aromatic heterocycles. The van der Waals surface area contributed by atoms with Crippen molar-refractivity contribution in [3.8, 4) is 17.2 Å². The molecule has 0 aliphatic carbocycles. The molecule has 0 saturated heterocycles. The number of benzene rings is 2. The van der Waals surface area contributed by atoms with Crippen LogP contribution in [-0.4, -0.2) is 43.2 Å². The van der Waals surface area contributed by atoms with Gasteiger partial charge >= 0.3 is 17.9 Å². The Balaban J connectivity index is 0.000000454. The SMILES string of the molecule is NCc1ccc(C(=O)Nc2nonc2-c2noc(=O)n2-c2cccc(Cl)c2)cc1.O=C(O)C(F)(F)F. The van der Waals surface area contributed by atoms with E-state index in [-0.39, 0.29) is 17.3 Å². The molecule has 188 valence electrons. The molecular formula is C20H14ClF3N6O6. The van der Waals surface area contributed by atoms with Crippen LogP contribution < -0.4 is 16.8 Å². The van der Waals surface area contributed by atoms with Gasteiger partial charge in [-0.05, 0) is 46.2 Å². The molecule has 0 unspecified atom stereocenters. The highest BCUT2D eigenvalue weighted by molar-refractivity contribution is 6.30. The van der Waals surface area contributed by atoms with E-state index in [1.807, 2.05) is 0 Å². The number of hydrogen-bond acceptors (Lipinski definition) is 9. The minimum Gasteiger partial charge on any atom is -0.475 e. The molecular weight excluding hydrogens is 513 g/mol. The zero-order valence-electron chi connectivity index (χ0n) is 17.7. The number of anilines is 1. The summed E-state index contributed by atoms with van der Waals surface area (Å²) in [6, 6.07) is 13.2. The Kier molecular flexibility index (Phi) is 7.86. The molecule has 0 saturated carbocycles. The Bertz CT molecular complexity index is 1430. The number of nitrogens with two attached hydrogens (primary N) is 1. The molecule has 0 aliphatic rings. The van der Waals surface area contributed by atoms with Crippen molar-refractivity contribution in [2.45, 2.75) is 12.7 Å². The molecule has 16 heteroatoms. The highest BCUT2D eigenvalue weighted by Crippen LogP contribution is 2.25. The second-order valence-electron chi connectivity index (χ2n) is 6.71. The van der Waals surface area contributed by atoms with E-state index in [1.165, 1.54) is 0 Å². The van der Waals surface area contributed by atoms with Crippen molar-refractivity contribution in [3.63, 3.8) is 0 Å². The molecule has 12 nitrogen and oxygen atoms in total. The van der Waals surface area contributed by atoms with Gasteiger partial charge in [-0.25, -0.2) is 18.8 Å². The number of amides is 1. The van der Waals surface area contributed by atoms with E-state index in [0.29, 0.717) is 22.8 Å². The zero-order chi connectivity index (χ0) is 26.5. The Morgan fingerprint density at radius 1 is 1.11 bits per heavy atom.